The number of benzene rings is 1. The van der Waals surface area contributed by atoms with Gasteiger partial charge in [-0.2, -0.15) is 10.5 Å². The van der Waals surface area contributed by atoms with Gasteiger partial charge in [-0.05, 0) is 55.7 Å². The van der Waals surface area contributed by atoms with Crippen LogP contribution in [0.1, 0.15) is 37.7 Å². The monoisotopic (exact) mass is 299 g/mol. The van der Waals surface area contributed by atoms with Crippen LogP contribution in [0.3, 0.4) is 0 Å². The van der Waals surface area contributed by atoms with Crippen molar-refractivity contribution in [1.82, 2.24) is 0 Å². The molecule has 0 saturated heterocycles. The van der Waals surface area contributed by atoms with Crippen molar-refractivity contribution in [3.63, 3.8) is 0 Å². The number of hydrogen-bond acceptors (Lipinski definition) is 4. The third kappa shape index (κ3) is 3.43. The van der Waals surface area contributed by atoms with Gasteiger partial charge < -0.3 is 4.84 Å². The van der Waals surface area contributed by atoms with Crippen LogP contribution in [0.4, 0.5) is 4.39 Å². The SMILES string of the molecule is CON=C1CCC(CC(C#N)(C#N)c2ccc(F)cc2)CC1. The highest BCUT2D eigenvalue weighted by atomic mass is 19.1. The molecule has 0 N–H and O–H groups in total. The second-order valence-corrected chi connectivity index (χ2v) is 5.62. The maximum Gasteiger partial charge on any atom is 0.168 e. The molecule has 114 valence electrons. The number of oxime groups is 1. The molecule has 1 saturated carbocycles. The first-order valence-electron chi connectivity index (χ1n) is 7.31. The van der Waals surface area contributed by atoms with Crippen LogP contribution >= 0.6 is 0 Å². The Kier molecular flexibility index (Phi) is 5.12. The summed E-state index contributed by atoms with van der Waals surface area (Å²) < 4.78 is 13.1. The Morgan fingerprint density at radius 3 is 2.32 bits per heavy atom. The molecule has 1 aromatic carbocycles. The van der Waals surface area contributed by atoms with Gasteiger partial charge >= 0.3 is 0 Å². The highest BCUT2D eigenvalue weighted by Crippen LogP contribution is 2.36. The predicted molar refractivity (Wildman–Crippen MR) is 80.3 cm³/mol. The van der Waals surface area contributed by atoms with Crippen LogP contribution in [0.2, 0.25) is 0 Å². The summed E-state index contributed by atoms with van der Waals surface area (Å²) in [4.78, 5) is 4.79. The van der Waals surface area contributed by atoms with Gasteiger partial charge in [0.25, 0.3) is 0 Å². The van der Waals surface area contributed by atoms with Gasteiger partial charge in [0.15, 0.2) is 5.41 Å². The molecule has 0 radical (unpaired) electrons. The van der Waals surface area contributed by atoms with E-state index in [4.69, 9.17) is 4.84 Å². The molecule has 0 atom stereocenters. The molecule has 1 fully saturated rings. The average Bonchev–Trinajstić information content (AvgIpc) is 2.55. The summed E-state index contributed by atoms with van der Waals surface area (Å²) in [5, 5.41) is 23.1. The van der Waals surface area contributed by atoms with Crippen molar-refractivity contribution >= 4 is 5.71 Å². The normalized spacial score (nSPS) is 18.2. The smallest absolute Gasteiger partial charge is 0.168 e. The highest BCUT2D eigenvalue weighted by Gasteiger charge is 2.36. The fourth-order valence-corrected chi connectivity index (χ4v) is 2.97. The minimum atomic E-state index is -1.21. The summed E-state index contributed by atoms with van der Waals surface area (Å²) in [7, 11) is 1.53. The third-order valence-electron chi connectivity index (χ3n) is 4.22. The summed E-state index contributed by atoms with van der Waals surface area (Å²) in [5.41, 5.74) is 0.379. The van der Waals surface area contributed by atoms with E-state index in [0.717, 1.165) is 31.4 Å². The van der Waals surface area contributed by atoms with E-state index in [1.54, 1.807) is 0 Å². The lowest BCUT2D eigenvalue weighted by Gasteiger charge is -2.28. The minimum absolute atomic E-state index is 0.278. The van der Waals surface area contributed by atoms with Gasteiger partial charge in [0.05, 0.1) is 17.9 Å². The van der Waals surface area contributed by atoms with Crippen LogP contribution in [-0.4, -0.2) is 12.8 Å². The molecule has 0 spiro atoms. The molecule has 1 aromatic rings. The first-order chi connectivity index (χ1) is 10.6. The molecule has 0 aromatic heterocycles. The standard InChI is InChI=1S/C17H18FN3O/c1-22-21-16-8-2-13(3-9-16)10-17(11-19,12-20)14-4-6-15(18)7-5-14/h4-7,13H,2-3,8-10H2,1H3. The lowest BCUT2D eigenvalue weighted by Crippen LogP contribution is -2.28. The van der Waals surface area contributed by atoms with Crippen LogP contribution in [-0.2, 0) is 10.3 Å². The molecule has 1 aliphatic rings. The maximum absolute atomic E-state index is 13.1. The minimum Gasteiger partial charge on any atom is -0.399 e. The van der Waals surface area contributed by atoms with Gasteiger partial charge in [-0.3, -0.25) is 0 Å². The number of nitriles is 2. The van der Waals surface area contributed by atoms with Crippen LogP contribution in [0.5, 0.6) is 0 Å². The Bertz CT molecular complexity index is 601. The van der Waals surface area contributed by atoms with E-state index in [0.29, 0.717) is 12.0 Å². The largest absolute Gasteiger partial charge is 0.399 e. The fourth-order valence-electron chi connectivity index (χ4n) is 2.97. The highest BCUT2D eigenvalue weighted by molar-refractivity contribution is 5.84. The predicted octanol–water partition coefficient (Wildman–Crippen LogP) is 3.69. The Hall–Kier alpha value is -2.40. The van der Waals surface area contributed by atoms with Crippen LogP contribution in [0.15, 0.2) is 29.4 Å². The number of hydrogen-bond donors (Lipinski definition) is 0. The third-order valence-corrected chi connectivity index (χ3v) is 4.22. The van der Waals surface area contributed by atoms with Crippen molar-refractivity contribution < 1.29 is 9.23 Å². The summed E-state index contributed by atoms with van der Waals surface area (Å²) >= 11 is 0. The second kappa shape index (κ2) is 7.04. The Balaban J connectivity index is 2.14. The number of rotatable bonds is 4. The van der Waals surface area contributed by atoms with Crippen molar-refractivity contribution in [2.24, 2.45) is 11.1 Å². The van der Waals surface area contributed by atoms with E-state index >= 15 is 0 Å². The molecule has 0 heterocycles. The summed E-state index contributed by atoms with van der Waals surface area (Å²) in [6.45, 7) is 0. The molecule has 2 rings (SSSR count). The summed E-state index contributed by atoms with van der Waals surface area (Å²) in [6.07, 6.45) is 3.89. The second-order valence-electron chi connectivity index (χ2n) is 5.62. The zero-order valence-electron chi connectivity index (χ0n) is 12.6. The maximum atomic E-state index is 13.1. The number of halogens is 1. The fraction of sp³-hybridized carbons (Fsp3) is 0.471. The van der Waals surface area contributed by atoms with Crippen molar-refractivity contribution in [3.8, 4) is 12.1 Å². The zero-order chi connectivity index (χ0) is 16.0. The Morgan fingerprint density at radius 2 is 1.82 bits per heavy atom. The van der Waals surface area contributed by atoms with E-state index in [1.165, 1.54) is 31.4 Å². The van der Waals surface area contributed by atoms with Gasteiger partial charge in [0, 0.05) is 0 Å². The molecule has 0 amide bonds. The molecule has 22 heavy (non-hydrogen) atoms. The van der Waals surface area contributed by atoms with Crippen LogP contribution < -0.4 is 0 Å². The quantitative estimate of drug-likeness (QED) is 0.796. The van der Waals surface area contributed by atoms with Crippen LogP contribution in [0, 0.1) is 34.4 Å². The van der Waals surface area contributed by atoms with E-state index in [1.807, 2.05) is 0 Å². The molecular weight excluding hydrogens is 281 g/mol. The van der Waals surface area contributed by atoms with Crippen LogP contribution in [0.25, 0.3) is 0 Å². The van der Waals surface area contributed by atoms with Gasteiger partial charge in [-0.25, -0.2) is 4.39 Å². The molecular formula is C17H18FN3O. The lowest BCUT2D eigenvalue weighted by atomic mass is 9.72. The first-order valence-corrected chi connectivity index (χ1v) is 7.31. The van der Waals surface area contributed by atoms with Gasteiger partial charge in [-0.15, -0.1) is 0 Å². The molecule has 1 aliphatic carbocycles. The van der Waals surface area contributed by atoms with Crippen molar-refractivity contribution in [2.75, 3.05) is 7.11 Å². The van der Waals surface area contributed by atoms with E-state index in [-0.39, 0.29) is 11.7 Å². The van der Waals surface area contributed by atoms with E-state index < -0.39 is 5.41 Å². The van der Waals surface area contributed by atoms with Gasteiger partial charge in [0.2, 0.25) is 0 Å². The van der Waals surface area contributed by atoms with Crippen molar-refractivity contribution in [3.05, 3.63) is 35.6 Å². The molecule has 5 heteroatoms. The molecule has 0 unspecified atom stereocenters. The zero-order valence-corrected chi connectivity index (χ0v) is 12.6. The lowest BCUT2D eigenvalue weighted by molar-refractivity contribution is 0.209. The molecule has 0 aliphatic heterocycles. The van der Waals surface area contributed by atoms with E-state index in [2.05, 4.69) is 17.3 Å². The topological polar surface area (TPSA) is 69.2 Å². The summed E-state index contributed by atoms with van der Waals surface area (Å²) in [5.74, 6) is -0.0909. The Labute approximate surface area is 129 Å². The number of nitrogens with zero attached hydrogens (tertiary/aromatic N) is 3. The molecule has 4 nitrogen and oxygen atoms in total. The average molecular weight is 299 g/mol. The van der Waals surface area contributed by atoms with Crippen molar-refractivity contribution in [2.45, 2.75) is 37.5 Å². The van der Waals surface area contributed by atoms with E-state index in [9.17, 15) is 14.9 Å². The van der Waals surface area contributed by atoms with Gasteiger partial charge in [-0.1, -0.05) is 17.3 Å². The Morgan fingerprint density at radius 1 is 1.23 bits per heavy atom. The first kappa shape index (κ1) is 16.0. The van der Waals surface area contributed by atoms with Gasteiger partial charge in [0.1, 0.15) is 12.9 Å². The molecule has 0 bridgehead atoms. The summed E-state index contributed by atoms with van der Waals surface area (Å²) in [6, 6.07) is 9.94. The van der Waals surface area contributed by atoms with Crippen molar-refractivity contribution in [1.29, 1.82) is 10.5 Å².